The lowest BCUT2D eigenvalue weighted by atomic mass is 10.2. The molecule has 0 amide bonds. The molecule has 3 aromatic rings. The van der Waals surface area contributed by atoms with Crippen molar-refractivity contribution in [3.63, 3.8) is 0 Å². The largest absolute Gasteiger partial charge is 0.494 e. The van der Waals surface area contributed by atoms with Crippen LogP contribution in [0.2, 0.25) is 0 Å². The Morgan fingerprint density at radius 1 is 1.48 bits per heavy atom. The fraction of sp³-hybridized carbons (Fsp3) is 0.286. The van der Waals surface area contributed by atoms with Gasteiger partial charge >= 0.3 is 0 Å². The quantitative estimate of drug-likeness (QED) is 0.752. The summed E-state index contributed by atoms with van der Waals surface area (Å²) in [6.45, 7) is 2.72. The average Bonchev–Trinajstić information content (AvgIpc) is 3.04. The van der Waals surface area contributed by atoms with Crippen molar-refractivity contribution in [2.24, 2.45) is 0 Å². The van der Waals surface area contributed by atoms with Crippen LogP contribution in [0, 0.1) is 10.6 Å². The number of rotatable bonds is 4. The zero-order chi connectivity index (χ0) is 15.0. The molecule has 1 aromatic carbocycles. The molecule has 0 aliphatic carbocycles. The molecule has 2 heterocycles. The molecular weight excluding hydrogens is 291 g/mol. The van der Waals surface area contributed by atoms with Crippen LogP contribution in [0.15, 0.2) is 30.6 Å². The number of nitrogens with one attached hydrogen (secondary N) is 1. The molecule has 3 rings (SSSR count). The molecule has 110 valence electrons. The Kier molecular flexibility index (Phi) is 3.50. The van der Waals surface area contributed by atoms with Crippen LogP contribution in [0.25, 0.3) is 11.0 Å². The lowest BCUT2D eigenvalue weighted by molar-refractivity contribution is 0.386. The van der Waals surface area contributed by atoms with Crippen LogP contribution in [0.5, 0.6) is 5.75 Å². The summed E-state index contributed by atoms with van der Waals surface area (Å²) in [4.78, 5) is 3.03. The lowest BCUT2D eigenvalue weighted by Gasteiger charge is -2.15. The summed E-state index contributed by atoms with van der Waals surface area (Å²) in [5, 5.41) is 4.20. The number of halogens is 1. The number of hydrogen-bond donors (Lipinski definition) is 1. The maximum atomic E-state index is 13.8. The second kappa shape index (κ2) is 5.33. The van der Waals surface area contributed by atoms with Gasteiger partial charge in [-0.15, -0.1) is 0 Å². The van der Waals surface area contributed by atoms with E-state index in [0.717, 1.165) is 5.52 Å². The van der Waals surface area contributed by atoms with Crippen molar-refractivity contribution in [2.75, 3.05) is 7.11 Å². The van der Waals surface area contributed by atoms with Crippen LogP contribution >= 0.6 is 12.2 Å². The fourth-order valence-corrected chi connectivity index (χ4v) is 2.87. The number of H-pyrrole nitrogens is 1. The van der Waals surface area contributed by atoms with Crippen LogP contribution in [-0.4, -0.2) is 26.4 Å². The van der Waals surface area contributed by atoms with E-state index in [1.807, 2.05) is 28.4 Å². The molecule has 0 fully saturated rings. The lowest BCUT2D eigenvalue weighted by Crippen LogP contribution is -2.13. The molecule has 7 heteroatoms. The Morgan fingerprint density at radius 3 is 2.95 bits per heavy atom. The molecule has 0 radical (unpaired) electrons. The van der Waals surface area contributed by atoms with Gasteiger partial charge < -0.3 is 14.3 Å². The Labute approximate surface area is 126 Å². The number of aromatic amines is 1. The third kappa shape index (κ3) is 2.44. The Balaban J connectivity index is 2.08. The van der Waals surface area contributed by atoms with Crippen molar-refractivity contribution < 1.29 is 9.13 Å². The van der Waals surface area contributed by atoms with Gasteiger partial charge in [-0.2, -0.15) is 5.10 Å². The van der Waals surface area contributed by atoms with Gasteiger partial charge in [0.1, 0.15) is 0 Å². The molecule has 0 aliphatic heterocycles. The minimum Gasteiger partial charge on any atom is -0.494 e. The number of benzene rings is 1. The number of methoxy groups -OCH3 is 1. The number of fused-ring (bicyclic) bond motifs is 1. The SMILES string of the molecule is COc1cc2c(cc1F)[nH]c(=S)n2C(C)Cn1cccn1. The van der Waals surface area contributed by atoms with E-state index in [-0.39, 0.29) is 11.8 Å². The molecule has 0 saturated carbocycles. The Morgan fingerprint density at radius 2 is 2.29 bits per heavy atom. The number of nitrogens with zero attached hydrogens (tertiary/aromatic N) is 3. The van der Waals surface area contributed by atoms with E-state index in [4.69, 9.17) is 17.0 Å². The minimum atomic E-state index is -0.409. The standard InChI is InChI=1S/C14H15FN4OS/c1-9(8-18-5-3-4-16-18)19-12-7-13(20-2)10(15)6-11(12)17-14(19)21/h3-7,9H,8H2,1-2H3,(H,17,21). The van der Waals surface area contributed by atoms with Gasteiger partial charge in [0.15, 0.2) is 16.3 Å². The first kappa shape index (κ1) is 13.8. The molecule has 1 N–H and O–H groups in total. The summed E-state index contributed by atoms with van der Waals surface area (Å²) in [6, 6.07) is 5.01. The monoisotopic (exact) mass is 306 g/mol. The summed E-state index contributed by atoms with van der Waals surface area (Å²) < 4.78 is 23.2. The number of aromatic nitrogens is 4. The number of ether oxygens (including phenoxy) is 1. The Hall–Kier alpha value is -2.15. The van der Waals surface area contributed by atoms with Gasteiger partial charge in [0.25, 0.3) is 0 Å². The van der Waals surface area contributed by atoms with Gasteiger partial charge in [-0.1, -0.05) is 0 Å². The third-order valence-corrected chi connectivity index (χ3v) is 3.74. The van der Waals surface area contributed by atoms with E-state index >= 15 is 0 Å². The van der Waals surface area contributed by atoms with Gasteiger partial charge in [0.2, 0.25) is 0 Å². The first-order valence-corrected chi connectivity index (χ1v) is 6.96. The molecule has 21 heavy (non-hydrogen) atoms. The highest BCUT2D eigenvalue weighted by Gasteiger charge is 2.15. The van der Waals surface area contributed by atoms with Gasteiger partial charge in [-0.05, 0) is 25.2 Å². The van der Waals surface area contributed by atoms with Crippen LogP contribution in [0.3, 0.4) is 0 Å². The molecule has 2 aromatic heterocycles. The topological polar surface area (TPSA) is 47.8 Å². The van der Waals surface area contributed by atoms with E-state index in [2.05, 4.69) is 10.1 Å². The summed E-state index contributed by atoms with van der Waals surface area (Å²) in [7, 11) is 1.45. The van der Waals surface area contributed by atoms with Gasteiger partial charge in [-0.3, -0.25) is 4.68 Å². The molecule has 5 nitrogen and oxygen atoms in total. The Bertz CT molecular complexity index is 821. The molecule has 1 atom stereocenters. The second-order valence-corrected chi connectivity index (χ2v) is 5.27. The van der Waals surface area contributed by atoms with Crippen LogP contribution in [0.4, 0.5) is 4.39 Å². The van der Waals surface area contributed by atoms with Crippen molar-refractivity contribution in [2.45, 2.75) is 19.5 Å². The maximum absolute atomic E-state index is 13.8. The van der Waals surface area contributed by atoms with Gasteiger partial charge in [0.05, 0.1) is 30.7 Å². The molecule has 1 unspecified atom stereocenters. The van der Waals surface area contributed by atoms with Crippen LogP contribution in [0.1, 0.15) is 13.0 Å². The summed E-state index contributed by atoms with van der Waals surface area (Å²) in [5.41, 5.74) is 1.48. The third-order valence-electron chi connectivity index (χ3n) is 3.44. The minimum absolute atomic E-state index is 0.0707. The van der Waals surface area contributed by atoms with Crippen LogP contribution in [-0.2, 0) is 6.54 Å². The van der Waals surface area contributed by atoms with Gasteiger partial charge in [-0.25, -0.2) is 4.39 Å². The molecular formula is C14H15FN4OS. The smallest absolute Gasteiger partial charge is 0.178 e. The number of imidazole rings is 1. The van der Waals surface area contributed by atoms with E-state index in [0.29, 0.717) is 16.8 Å². The average molecular weight is 306 g/mol. The second-order valence-electron chi connectivity index (χ2n) is 4.88. The van der Waals surface area contributed by atoms with Crippen molar-refractivity contribution in [1.82, 2.24) is 19.3 Å². The van der Waals surface area contributed by atoms with Crippen molar-refractivity contribution in [3.8, 4) is 5.75 Å². The van der Waals surface area contributed by atoms with Gasteiger partial charge in [0, 0.05) is 24.5 Å². The maximum Gasteiger partial charge on any atom is 0.178 e. The molecule has 0 spiro atoms. The zero-order valence-electron chi connectivity index (χ0n) is 11.7. The van der Waals surface area contributed by atoms with E-state index in [1.165, 1.54) is 13.2 Å². The number of hydrogen-bond acceptors (Lipinski definition) is 3. The predicted octanol–water partition coefficient (Wildman–Crippen LogP) is 3.30. The van der Waals surface area contributed by atoms with E-state index in [1.54, 1.807) is 12.3 Å². The van der Waals surface area contributed by atoms with Crippen LogP contribution < -0.4 is 4.74 Å². The van der Waals surface area contributed by atoms with E-state index in [9.17, 15) is 4.39 Å². The van der Waals surface area contributed by atoms with E-state index < -0.39 is 5.82 Å². The molecule has 0 bridgehead atoms. The normalized spacial score (nSPS) is 12.7. The zero-order valence-corrected chi connectivity index (χ0v) is 12.5. The summed E-state index contributed by atoms with van der Waals surface area (Å²) >= 11 is 5.36. The predicted molar refractivity (Wildman–Crippen MR) is 80.6 cm³/mol. The highest BCUT2D eigenvalue weighted by molar-refractivity contribution is 7.71. The van der Waals surface area contributed by atoms with Crippen molar-refractivity contribution in [3.05, 3.63) is 41.2 Å². The van der Waals surface area contributed by atoms with Crippen molar-refractivity contribution >= 4 is 23.3 Å². The fourth-order valence-electron chi connectivity index (χ4n) is 2.48. The highest BCUT2D eigenvalue weighted by Crippen LogP contribution is 2.27. The molecule has 0 saturated heterocycles. The summed E-state index contributed by atoms with van der Waals surface area (Å²) in [5.74, 6) is -0.204. The molecule has 0 aliphatic rings. The highest BCUT2D eigenvalue weighted by atomic mass is 32.1. The summed E-state index contributed by atoms with van der Waals surface area (Å²) in [6.07, 6.45) is 3.63. The van der Waals surface area contributed by atoms with Crippen molar-refractivity contribution in [1.29, 1.82) is 0 Å². The first-order valence-electron chi connectivity index (χ1n) is 6.55. The first-order chi connectivity index (χ1) is 10.1.